The van der Waals surface area contributed by atoms with E-state index in [-0.39, 0.29) is 18.3 Å². The highest BCUT2D eigenvalue weighted by molar-refractivity contribution is 5.93. The molecule has 96 valence electrons. The number of amides is 1. The zero-order valence-electron chi connectivity index (χ0n) is 10.2. The average Bonchev–Trinajstić information content (AvgIpc) is 2.37. The van der Waals surface area contributed by atoms with Crippen molar-refractivity contribution in [2.45, 2.75) is 0 Å². The first kappa shape index (κ1) is 13.9. The summed E-state index contributed by atoms with van der Waals surface area (Å²) in [5.41, 5.74) is 0.705. The van der Waals surface area contributed by atoms with E-state index in [4.69, 9.17) is 0 Å². The number of methoxy groups -OCH3 is 1. The van der Waals surface area contributed by atoms with Gasteiger partial charge in [0.2, 0.25) is 5.91 Å². The molecule has 0 bridgehead atoms. The maximum atomic E-state index is 12.6. The molecule has 0 saturated heterocycles. The lowest BCUT2D eigenvalue weighted by atomic mass is 10.2. The van der Waals surface area contributed by atoms with E-state index in [1.54, 1.807) is 18.2 Å². The number of esters is 1. The first-order chi connectivity index (χ1) is 8.52. The number of rotatable bonds is 4. The minimum atomic E-state index is -0.485. The maximum absolute atomic E-state index is 12.6. The number of likely N-dealkylation sites (N-methyl/N-ethyl adjacent to an activating group) is 1. The summed E-state index contributed by atoms with van der Waals surface area (Å²) in [5, 5.41) is 0. The number of benzene rings is 1. The van der Waals surface area contributed by atoms with Crippen molar-refractivity contribution >= 4 is 18.0 Å². The third kappa shape index (κ3) is 4.37. The lowest BCUT2D eigenvalue weighted by Crippen LogP contribution is -2.31. The van der Waals surface area contributed by atoms with Crippen LogP contribution in [0.2, 0.25) is 0 Å². The number of carbonyl (C=O) groups excluding carboxylic acids is 2. The molecule has 0 spiro atoms. The molecule has 4 nitrogen and oxygen atoms in total. The summed E-state index contributed by atoms with van der Waals surface area (Å²) < 4.78 is 17.1. The van der Waals surface area contributed by atoms with Gasteiger partial charge < -0.3 is 9.64 Å². The Hall–Kier alpha value is -2.17. The molecule has 0 fully saturated rings. The molecular weight excluding hydrogens is 237 g/mol. The quantitative estimate of drug-likeness (QED) is 0.601. The molecule has 0 radical (unpaired) electrons. The van der Waals surface area contributed by atoms with Gasteiger partial charge in [0.15, 0.2) is 0 Å². The van der Waals surface area contributed by atoms with E-state index in [9.17, 15) is 14.0 Å². The molecule has 1 amide bonds. The Kier molecular flexibility index (Phi) is 5.05. The highest BCUT2D eigenvalue weighted by Crippen LogP contribution is 2.04. The van der Waals surface area contributed by atoms with E-state index >= 15 is 0 Å². The van der Waals surface area contributed by atoms with Crippen molar-refractivity contribution < 1.29 is 18.7 Å². The Morgan fingerprint density at radius 1 is 1.33 bits per heavy atom. The molecule has 0 aromatic heterocycles. The van der Waals surface area contributed by atoms with Gasteiger partial charge in [-0.25, -0.2) is 4.39 Å². The van der Waals surface area contributed by atoms with Crippen molar-refractivity contribution in [1.82, 2.24) is 4.90 Å². The van der Waals surface area contributed by atoms with Crippen LogP contribution in [0, 0.1) is 5.82 Å². The Labute approximate surface area is 105 Å². The van der Waals surface area contributed by atoms with Gasteiger partial charge >= 0.3 is 5.97 Å². The minimum Gasteiger partial charge on any atom is -0.468 e. The molecule has 0 aliphatic heterocycles. The minimum absolute atomic E-state index is 0.108. The van der Waals surface area contributed by atoms with Crippen LogP contribution in [0.3, 0.4) is 0 Å². The van der Waals surface area contributed by atoms with Gasteiger partial charge in [-0.05, 0) is 23.8 Å². The second-order valence-electron chi connectivity index (χ2n) is 3.66. The van der Waals surface area contributed by atoms with Crippen molar-refractivity contribution in [2.24, 2.45) is 0 Å². The number of halogens is 1. The summed E-state index contributed by atoms with van der Waals surface area (Å²) in [5.74, 6) is -1.15. The third-order valence-electron chi connectivity index (χ3n) is 2.26. The number of carbonyl (C=O) groups is 2. The summed E-state index contributed by atoms with van der Waals surface area (Å²) in [6, 6.07) is 5.73. The predicted molar refractivity (Wildman–Crippen MR) is 65.1 cm³/mol. The monoisotopic (exact) mass is 251 g/mol. The van der Waals surface area contributed by atoms with Crippen molar-refractivity contribution in [3.05, 3.63) is 41.7 Å². The number of nitrogens with zero attached hydrogens (tertiary/aromatic N) is 1. The molecular formula is C13H14FNO3. The molecule has 0 unspecified atom stereocenters. The molecule has 1 rings (SSSR count). The van der Waals surface area contributed by atoms with Crippen molar-refractivity contribution in [3.63, 3.8) is 0 Å². The summed E-state index contributed by atoms with van der Waals surface area (Å²) >= 11 is 0. The van der Waals surface area contributed by atoms with Crippen LogP contribution in [0.1, 0.15) is 5.56 Å². The van der Waals surface area contributed by atoms with E-state index in [1.807, 2.05) is 0 Å². The average molecular weight is 251 g/mol. The molecule has 1 aromatic rings. The first-order valence-corrected chi connectivity index (χ1v) is 5.28. The molecule has 18 heavy (non-hydrogen) atoms. The zero-order valence-corrected chi connectivity index (χ0v) is 10.2. The second kappa shape index (κ2) is 6.54. The molecule has 0 aliphatic rings. The first-order valence-electron chi connectivity index (χ1n) is 5.28. The standard InChI is InChI=1S/C13H14FNO3/c1-15(9-13(17)18-2)12(16)8-5-10-3-6-11(14)7-4-10/h3-8H,9H2,1-2H3. The zero-order chi connectivity index (χ0) is 13.5. The van der Waals surface area contributed by atoms with Gasteiger partial charge in [0.05, 0.1) is 7.11 Å². The molecule has 0 saturated carbocycles. The molecule has 0 aliphatic carbocycles. The van der Waals surface area contributed by atoms with Crippen LogP contribution in [0.15, 0.2) is 30.3 Å². The second-order valence-corrected chi connectivity index (χ2v) is 3.66. The number of hydrogen-bond donors (Lipinski definition) is 0. The fourth-order valence-corrected chi connectivity index (χ4v) is 1.20. The highest BCUT2D eigenvalue weighted by Gasteiger charge is 2.09. The van der Waals surface area contributed by atoms with Gasteiger partial charge in [-0.3, -0.25) is 9.59 Å². The van der Waals surface area contributed by atoms with Gasteiger partial charge in [-0.15, -0.1) is 0 Å². The third-order valence-corrected chi connectivity index (χ3v) is 2.26. The highest BCUT2D eigenvalue weighted by atomic mass is 19.1. The van der Waals surface area contributed by atoms with E-state index in [0.717, 1.165) is 0 Å². The topological polar surface area (TPSA) is 46.6 Å². The summed E-state index contributed by atoms with van der Waals surface area (Å²) in [6.07, 6.45) is 2.87. The van der Waals surface area contributed by atoms with E-state index in [0.29, 0.717) is 5.56 Å². The van der Waals surface area contributed by atoms with Gasteiger partial charge in [-0.1, -0.05) is 12.1 Å². The Balaban J connectivity index is 2.58. The van der Waals surface area contributed by atoms with Crippen molar-refractivity contribution in [1.29, 1.82) is 0 Å². The SMILES string of the molecule is COC(=O)CN(C)C(=O)C=Cc1ccc(F)cc1. The molecule has 0 heterocycles. The largest absolute Gasteiger partial charge is 0.468 e. The lowest BCUT2D eigenvalue weighted by Gasteiger charge is -2.12. The van der Waals surface area contributed by atoms with E-state index < -0.39 is 5.97 Å². The molecule has 5 heteroatoms. The van der Waals surface area contributed by atoms with Gasteiger partial charge in [0.1, 0.15) is 12.4 Å². The fourth-order valence-electron chi connectivity index (χ4n) is 1.20. The van der Waals surface area contributed by atoms with Gasteiger partial charge in [0.25, 0.3) is 0 Å². The Morgan fingerprint density at radius 3 is 2.50 bits per heavy atom. The van der Waals surface area contributed by atoms with Crippen LogP contribution < -0.4 is 0 Å². The van der Waals surface area contributed by atoms with Crippen LogP contribution in [-0.2, 0) is 14.3 Å². The fraction of sp³-hybridized carbons (Fsp3) is 0.231. The summed E-state index contributed by atoms with van der Waals surface area (Å²) in [4.78, 5) is 23.8. The smallest absolute Gasteiger partial charge is 0.325 e. The molecule has 0 N–H and O–H groups in total. The molecule has 1 aromatic carbocycles. The van der Waals surface area contributed by atoms with Crippen molar-refractivity contribution in [3.8, 4) is 0 Å². The maximum Gasteiger partial charge on any atom is 0.325 e. The van der Waals surface area contributed by atoms with Crippen LogP contribution >= 0.6 is 0 Å². The molecule has 0 atom stereocenters. The number of hydrogen-bond acceptors (Lipinski definition) is 3. The Morgan fingerprint density at radius 2 is 1.94 bits per heavy atom. The van der Waals surface area contributed by atoms with Gasteiger partial charge in [-0.2, -0.15) is 0 Å². The van der Waals surface area contributed by atoms with E-state index in [2.05, 4.69) is 4.74 Å². The van der Waals surface area contributed by atoms with Crippen LogP contribution in [0.25, 0.3) is 6.08 Å². The van der Waals surface area contributed by atoms with Gasteiger partial charge in [0, 0.05) is 13.1 Å². The van der Waals surface area contributed by atoms with Crippen LogP contribution in [-0.4, -0.2) is 37.5 Å². The lowest BCUT2D eigenvalue weighted by molar-refractivity contribution is -0.144. The number of ether oxygens (including phenoxy) is 1. The summed E-state index contributed by atoms with van der Waals surface area (Å²) in [7, 11) is 2.75. The Bertz CT molecular complexity index is 454. The van der Waals surface area contributed by atoms with Crippen LogP contribution in [0.4, 0.5) is 4.39 Å². The summed E-state index contributed by atoms with van der Waals surface area (Å²) in [6.45, 7) is -0.108. The van der Waals surface area contributed by atoms with Crippen LogP contribution in [0.5, 0.6) is 0 Å². The van der Waals surface area contributed by atoms with E-state index in [1.165, 1.54) is 37.3 Å². The predicted octanol–water partition coefficient (Wildman–Crippen LogP) is 1.47. The normalized spacial score (nSPS) is 10.4. The van der Waals surface area contributed by atoms with Crippen molar-refractivity contribution in [2.75, 3.05) is 20.7 Å².